The molecule has 1 aromatic rings. The van der Waals surface area contributed by atoms with Crippen molar-refractivity contribution in [2.24, 2.45) is 5.84 Å². The average molecular weight is 299 g/mol. The monoisotopic (exact) mass is 299 g/mol. The molecule has 1 aliphatic heterocycles. The van der Waals surface area contributed by atoms with Gasteiger partial charge >= 0.3 is 0 Å². The molecule has 0 aliphatic carbocycles. The number of halogens is 2. The molecule has 21 heavy (non-hydrogen) atoms. The molecule has 0 aromatic heterocycles. The van der Waals surface area contributed by atoms with Crippen LogP contribution in [0.4, 0.5) is 14.5 Å². The average Bonchev–Trinajstić information content (AvgIpc) is 2.96. The number of anilines is 1. The van der Waals surface area contributed by atoms with Gasteiger partial charge in [-0.3, -0.25) is 10.6 Å². The van der Waals surface area contributed by atoms with E-state index in [9.17, 15) is 13.6 Å². The molecule has 7 heteroatoms. The van der Waals surface area contributed by atoms with Gasteiger partial charge in [0, 0.05) is 25.3 Å². The van der Waals surface area contributed by atoms with Crippen molar-refractivity contribution >= 4 is 11.6 Å². The van der Waals surface area contributed by atoms with Crippen LogP contribution >= 0.6 is 0 Å². The molecule has 1 aliphatic rings. The summed E-state index contributed by atoms with van der Waals surface area (Å²) in [5.74, 6) is 2.82. The van der Waals surface area contributed by atoms with Gasteiger partial charge in [0.05, 0.1) is 6.10 Å². The first-order valence-corrected chi connectivity index (χ1v) is 6.93. The molecule has 1 heterocycles. The highest BCUT2D eigenvalue weighted by Gasteiger charge is 2.24. The van der Waals surface area contributed by atoms with E-state index >= 15 is 0 Å². The SMILES string of the molecule is CCN(CC1CCCO1)C(=O)c1cc(F)c(NN)c(F)c1. The van der Waals surface area contributed by atoms with E-state index in [4.69, 9.17) is 10.6 Å². The molecule has 0 saturated carbocycles. The standard InChI is InChI=1S/C14H19F2N3O2/c1-2-19(8-10-4-3-5-21-10)14(20)9-6-11(15)13(18-17)12(16)7-9/h6-7,10,18H,2-5,8,17H2,1H3. The zero-order valence-electron chi connectivity index (χ0n) is 11.9. The lowest BCUT2D eigenvalue weighted by molar-refractivity contribution is 0.0538. The van der Waals surface area contributed by atoms with E-state index in [0.29, 0.717) is 19.7 Å². The van der Waals surface area contributed by atoms with E-state index in [1.165, 1.54) is 4.90 Å². The second kappa shape index (κ2) is 6.82. The molecule has 5 nitrogen and oxygen atoms in total. The van der Waals surface area contributed by atoms with Crippen LogP contribution in [-0.4, -0.2) is 36.6 Å². The molecule has 1 saturated heterocycles. The molecule has 2 rings (SSSR count). The molecule has 116 valence electrons. The van der Waals surface area contributed by atoms with Gasteiger partial charge < -0.3 is 15.1 Å². The van der Waals surface area contributed by atoms with E-state index in [-0.39, 0.29) is 11.7 Å². The van der Waals surface area contributed by atoms with Crippen molar-refractivity contribution in [3.8, 4) is 0 Å². The lowest BCUT2D eigenvalue weighted by Crippen LogP contribution is -2.37. The molecule has 1 unspecified atom stereocenters. The van der Waals surface area contributed by atoms with Crippen molar-refractivity contribution in [3.05, 3.63) is 29.3 Å². The molecule has 1 amide bonds. The molecular formula is C14H19F2N3O2. The Morgan fingerprint density at radius 3 is 2.62 bits per heavy atom. The number of hydrogen-bond donors (Lipinski definition) is 2. The number of rotatable bonds is 5. The number of nitrogens with zero attached hydrogens (tertiary/aromatic N) is 1. The second-order valence-corrected chi connectivity index (χ2v) is 4.94. The summed E-state index contributed by atoms with van der Waals surface area (Å²) in [6.07, 6.45) is 1.85. The van der Waals surface area contributed by atoms with Crippen LogP contribution in [0, 0.1) is 11.6 Å². The van der Waals surface area contributed by atoms with Gasteiger partial charge in [-0.15, -0.1) is 0 Å². The van der Waals surface area contributed by atoms with E-state index in [2.05, 4.69) is 0 Å². The van der Waals surface area contributed by atoms with Crippen LogP contribution in [0.1, 0.15) is 30.1 Å². The number of carbonyl (C=O) groups is 1. The van der Waals surface area contributed by atoms with Gasteiger partial charge in [-0.25, -0.2) is 8.78 Å². The minimum atomic E-state index is -0.894. The number of hydrogen-bond acceptors (Lipinski definition) is 4. The number of hydrazine groups is 1. The number of nitrogens with one attached hydrogen (secondary N) is 1. The maximum Gasteiger partial charge on any atom is 0.254 e. The van der Waals surface area contributed by atoms with Crippen molar-refractivity contribution in [3.63, 3.8) is 0 Å². The number of ether oxygens (including phenoxy) is 1. The Morgan fingerprint density at radius 2 is 2.14 bits per heavy atom. The minimum absolute atomic E-state index is 0.00595. The van der Waals surface area contributed by atoms with Gasteiger partial charge in [-0.05, 0) is 31.9 Å². The van der Waals surface area contributed by atoms with Crippen LogP contribution in [0.25, 0.3) is 0 Å². The highest BCUT2D eigenvalue weighted by atomic mass is 19.1. The van der Waals surface area contributed by atoms with Gasteiger partial charge in [0.2, 0.25) is 0 Å². The predicted molar refractivity (Wildman–Crippen MR) is 74.7 cm³/mol. The van der Waals surface area contributed by atoms with E-state index in [0.717, 1.165) is 25.0 Å². The summed E-state index contributed by atoms with van der Waals surface area (Å²) in [4.78, 5) is 13.9. The zero-order valence-corrected chi connectivity index (χ0v) is 11.9. The maximum absolute atomic E-state index is 13.7. The lowest BCUT2D eigenvalue weighted by Gasteiger charge is -2.24. The lowest BCUT2D eigenvalue weighted by atomic mass is 10.1. The fourth-order valence-corrected chi connectivity index (χ4v) is 2.41. The smallest absolute Gasteiger partial charge is 0.254 e. The molecular weight excluding hydrogens is 280 g/mol. The van der Waals surface area contributed by atoms with Gasteiger partial charge in [0.25, 0.3) is 5.91 Å². The summed E-state index contributed by atoms with van der Waals surface area (Å²) in [5, 5.41) is 0. The quantitative estimate of drug-likeness (QED) is 0.643. The Kier molecular flexibility index (Phi) is 5.08. The first kappa shape index (κ1) is 15.7. The van der Waals surface area contributed by atoms with Crippen LogP contribution in [0.5, 0.6) is 0 Å². The Bertz CT molecular complexity index is 496. The third-order valence-corrected chi connectivity index (χ3v) is 3.55. The largest absolute Gasteiger partial charge is 0.376 e. The fourth-order valence-electron chi connectivity index (χ4n) is 2.41. The van der Waals surface area contributed by atoms with Crippen molar-refractivity contribution in [2.45, 2.75) is 25.9 Å². The normalized spacial score (nSPS) is 17.8. The second-order valence-electron chi connectivity index (χ2n) is 4.94. The number of likely N-dealkylation sites (N-methyl/N-ethyl adjacent to an activating group) is 1. The third kappa shape index (κ3) is 3.48. The van der Waals surface area contributed by atoms with Gasteiger partial charge in [-0.2, -0.15) is 0 Å². The molecule has 0 spiro atoms. The number of amides is 1. The third-order valence-electron chi connectivity index (χ3n) is 3.55. The Morgan fingerprint density at radius 1 is 1.48 bits per heavy atom. The minimum Gasteiger partial charge on any atom is -0.376 e. The van der Waals surface area contributed by atoms with Crippen molar-refractivity contribution in [1.29, 1.82) is 0 Å². The summed E-state index contributed by atoms with van der Waals surface area (Å²) >= 11 is 0. The van der Waals surface area contributed by atoms with Gasteiger partial charge in [0.15, 0.2) is 11.6 Å². The first-order valence-electron chi connectivity index (χ1n) is 6.93. The fraction of sp³-hybridized carbons (Fsp3) is 0.500. The highest BCUT2D eigenvalue weighted by Crippen LogP contribution is 2.21. The topological polar surface area (TPSA) is 67.6 Å². The first-order chi connectivity index (χ1) is 10.1. The van der Waals surface area contributed by atoms with Crippen LogP contribution in [0.15, 0.2) is 12.1 Å². The summed E-state index contributed by atoms with van der Waals surface area (Å²) in [5.41, 5.74) is 1.45. The Balaban J connectivity index is 2.16. The Labute approximate surface area is 122 Å². The van der Waals surface area contributed by atoms with E-state index < -0.39 is 23.2 Å². The van der Waals surface area contributed by atoms with Crippen molar-refractivity contribution in [2.75, 3.05) is 25.1 Å². The van der Waals surface area contributed by atoms with E-state index in [1.54, 1.807) is 0 Å². The highest BCUT2D eigenvalue weighted by molar-refractivity contribution is 5.94. The van der Waals surface area contributed by atoms with Crippen molar-refractivity contribution in [1.82, 2.24) is 4.90 Å². The van der Waals surface area contributed by atoms with Crippen LogP contribution in [-0.2, 0) is 4.74 Å². The van der Waals surface area contributed by atoms with Gasteiger partial charge in [-0.1, -0.05) is 0 Å². The summed E-state index contributed by atoms with van der Waals surface area (Å²) < 4.78 is 32.8. The number of nitrogens with two attached hydrogens (primary N) is 1. The molecule has 0 bridgehead atoms. The number of nitrogen functional groups attached to an aromatic ring is 1. The molecule has 1 atom stereocenters. The van der Waals surface area contributed by atoms with Crippen molar-refractivity contribution < 1.29 is 18.3 Å². The van der Waals surface area contributed by atoms with Crippen LogP contribution < -0.4 is 11.3 Å². The Hall–Kier alpha value is -1.73. The molecule has 1 fully saturated rings. The zero-order chi connectivity index (χ0) is 15.4. The maximum atomic E-state index is 13.7. The molecule has 1 aromatic carbocycles. The van der Waals surface area contributed by atoms with Gasteiger partial charge in [0.1, 0.15) is 5.69 Å². The van der Waals surface area contributed by atoms with Crippen LogP contribution in [0.2, 0.25) is 0 Å². The summed E-state index contributed by atoms with van der Waals surface area (Å²) in [7, 11) is 0. The molecule has 0 radical (unpaired) electrons. The van der Waals surface area contributed by atoms with E-state index in [1.807, 2.05) is 12.3 Å². The van der Waals surface area contributed by atoms with Crippen LogP contribution in [0.3, 0.4) is 0 Å². The molecule has 3 N–H and O–H groups in total. The summed E-state index contributed by atoms with van der Waals surface area (Å²) in [6, 6.07) is 1.97. The number of benzene rings is 1. The summed E-state index contributed by atoms with van der Waals surface area (Å²) in [6.45, 7) is 3.38. The predicted octanol–water partition coefficient (Wildman–Crippen LogP) is 1.89. The number of carbonyl (C=O) groups excluding carboxylic acids is 1.